The lowest BCUT2D eigenvalue weighted by molar-refractivity contribution is 0.0949. The zero-order valence-corrected chi connectivity index (χ0v) is 15.1. The fourth-order valence-electron chi connectivity index (χ4n) is 2.79. The molecule has 134 valence electrons. The second kappa shape index (κ2) is 7.82. The summed E-state index contributed by atoms with van der Waals surface area (Å²) in [5.41, 5.74) is 3.15. The van der Waals surface area contributed by atoms with E-state index in [1.54, 1.807) is 24.2 Å². The largest absolute Gasteiger partial charge is 0.497 e. The molecule has 0 aliphatic carbocycles. The van der Waals surface area contributed by atoms with Crippen molar-refractivity contribution in [3.8, 4) is 11.4 Å². The van der Waals surface area contributed by atoms with Crippen molar-refractivity contribution in [3.63, 3.8) is 0 Å². The van der Waals surface area contributed by atoms with Crippen LogP contribution in [0.15, 0.2) is 54.9 Å². The van der Waals surface area contributed by atoms with E-state index < -0.39 is 0 Å². The van der Waals surface area contributed by atoms with Gasteiger partial charge in [-0.1, -0.05) is 19.9 Å². The van der Waals surface area contributed by atoms with E-state index in [1.165, 1.54) is 0 Å². The monoisotopic (exact) mass is 350 g/mol. The summed E-state index contributed by atoms with van der Waals surface area (Å²) in [6.07, 6.45) is 3.33. The number of carbonyl (C=O) groups is 1. The molecule has 0 spiro atoms. The van der Waals surface area contributed by atoms with Gasteiger partial charge < -0.3 is 10.1 Å². The van der Waals surface area contributed by atoms with Crippen molar-refractivity contribution in [2.75, 3.05) is 7.11 Å². The van der Waals surface area contributed by atoms with Crippen LogP contribution in [0.3, 0.4) is 0 Å². The van der Waals surface area contributed by atoms with Gasteiger partial charge in [-0.2, -0.15) is 5.10 Å². The molecule has 3 rings (SSSR count). The molecule has 26 heavy (non-hydrogen) atoms. The smallest absolute Gasteiger partial charge is 0.255 e. The molecule has 6 nitrogen and oxygen atoms in total. The summed E-state index contributed by atoms with van der Waals surface area (Å²) >= 11 is 0. The lowest BCUT2D eigenvalue weighted by Gasteiger charge is -2.13. The van der Waals surface area contributed by atoms with Crippen LogP contribution in [0.25, 0.3) is 5.69 Å². The molecule has 0 saturated heterocycles. The lowest BCUT2D eigenvalue weighted by Crippen LogP contribution is -2.24. The van der Waals surface area contributed by atoms with Gasteiger partial charge in [0.1, 0.15) is 5.75 Å². The Balaban J connectivity index is 1.85. The number of hydrogen-bond acceptors (Lipinski definition) is 4. The van der Waals surface area contributed by atoms with Gasteiger partial charge in [-0.05, 0) is 42.3 Å². The minimum Gasteiger partial charge on any atom is -0.497 e. The van der Waals surface area contributed by atoms with Crippen molar-refractivity contribution in [2.24, 2.45) is 0 Å². The maximum absolute atomic E-state index is 12.7. The van der Waals surface area contributed by atoms with Crippen LogP contribution < -0.4 is 10.1 Å². The van der Waals surface area contributed by atoms with E-state index in [-0.39, 0.29) is 11.8 Å². The minimum absolute atomic E-state index is 0.134. The highest BCUT2D eigenvalue weighted by Gasteiger charge is 2.20. The molecule has 0 unspecified atom stereocenters. The molecule has 0 atom stereocenters. The van der Waals surface area contributed by atoms with Crippen molar-refractivity contribution < 1.29 is 9.53 Å². The third-order valence-corrected chi connectivity index (χ3v) is 4.07. The number of rotatable bonds is 6. The van der Waals surface area contributed by atoms with Crippen molar-refractivity contribution >= 4 is 5.91 Å². The van der Waals surface area contributed by atoms with Gasteiger partial charge in [-0.3, -0.25) is 9.78 Å². The molecule has 3 aromatic rings. The summed E-state index contributed by atoms with van der Waals surface area (Å²) in [5.74, 6) is 0.759. The highest BCUT2D eigenvalue weighted by atomic mass is 16.5. The fourth-order valence-corrected chi connectivity index (χ4v) is 2.79. The number of aromatic nitrogens is 3. The highest BCUT2D eigenvalue weighted by Crippen LogP contribution is 2.24. The summed E-state index contributed by atoms with van der Waals surface area (Å²) < 4.78 is 7.01. The van der Waals surface area contributed by atoms with Crippen molar-refractivity contribution in [3.05, 3.63) is 71.8 Å². The van der Waals surface area contributed by atoms with Crippen LogP contribution in [0.4, 0.5) is 0 Å². The zero-order valence-electron chi connectivity index (χ0n) is 15.1. The van der Waals surface area contributed by atoms with E-state index in [0.29, 0.717) is 12.1 Å². The highest BCUT2D eigenvalue weighted by molar-refractivity contribution is 5.95. The molecule has 2 aromatic heterocycles. The standard InChI is InChI=1S/C20H22N4O2/c1-14(2)19-18(20(25)22-12-15-6-4-5-11-21-15)13-23-24(19)16-7-9-17(26-3)10-8-16/h4-11,13-14H,12H2,1-3H3,(H,22,25). The Morgan fingerprint density at radius 3 is 2.58 bits per heavy atom. The van der Waals surface area contributed by atoms with Gasteiger partial charge >= 0.3 is 0 Å². The summed E-state index contributed by atoms with van der Waals surface area (Å²) in [6.45, 7) is 4.48. The number of carbonyl (C=O) groups excluding carboxylic acids is 1. The van der Waals surface area contributed by atoms with Crippen LogP contribution in [0.2, 0.25) is 0 Å². The molecule has 0 bridgehead atoms. The van der Waals surface area contributed by atoms with Crippen LogP contribution in [0.1, 0.15) is 41.5 Å². The van der Waals surface area contributed by atoms with Gasteiger partial charge in [0.25, 0.3) is 5.91 Å². The molecular weight excluding hydrogens is 328 g/mol. The van der Waals surface area contributed by atoms with Crippen molar-refractivity contribution in [1.82, 2.24) is 20.1 Å². The topological polar surface area (TPSA) is 69.0 Å². The molecule has 1 aromatic carbocycles. The maximum Gasteiger partial charge on any atom is 0.255 e. The second-order valence-corrected chi connectivity index (χ2v) is 6.21. The first-order valence-corrected chi connectivity index (χ1v) is 8.50. The van der Waals surface area contributed by atoms with E-state index >= 15 is 0 Å². The quantitative estimate of drug-likeness (QED) is 0.740. The number of methoxy groups -OCH3 is 1. The van der Waals surface area contributed by atoms with Gasteiger partial charge in [0.05, 0.1) is 42.5 Å². The number of pyridine rings is 1. The normalized spacial score (nSPS) is 10.8. The summed E-state index contributed by atoms with van der Waals surface area (Å²) in [4.78, 5) is 16.9. The first-order valence-electron chi connectivity index (χ1n) is 8.50. The number of benzene rings is 1. The molecule has 0 radical (unpaired) electrons. The fraction of sp³-hybridized carbons (Fsp3) is 0.250. The Kier molecular flexibility index (Phi) is 5.31. The van der Waals surface area contributed by atoms with E-state index in [4.69, 9.17) is 4.74 Å². The molecule has 2 heterocycles. The lowest BCUT2D eigenvalue weighted by atomic mass is 10.0. The molecular formula is C20H22N4O2. The van der Waals surface area contributed by atoms with Gasteiger partial charge in [-0.25, -0.2) is 4.68 Å². The van der Waals surface area contributed by atoms with Crippen molar-refractivity contribution in [1.29, 1.82) is 0 Å². The third-order valence-electron chi connectivity index (χ3n) is 4.07. The first kappa shape index (κ1) is 17.7. The molecule has 0 aliphatic rings. The van der Waals surface area contributed by atoms with Crippen LogP contribution in [-0.2, 0) is 6.54 Å². The van der Waals surface area contributed by atoms with E-state index in [0.717, 1.165) is 22.8 Å². The Labute approximate surface area is 152 Å². The van der Waals surface area contributed by atoms with Crippen LogP contribution >= 0.6 is 0 Å². The van der Waals surface area contributed by atoms with Crippen molar-refractivity contribution in [2.45, 2.75) is 26.3 Å². The summed E-state index contributed by atoms with van der Waals surface area (Å²) in [5, 5.41) is 7.36. The van der Waals surface area contributed by atoms with Gasteiger partial charge in [0.2, 0.25) is 0 Å². The number of hydrogen-bond donors (Lipinski definition) is 1. The van der Waals surface area contributed by atoms with E-state index in [2.05, 4.69) is 15.4 Å². The molecule has 1 amide bonds. The Morgan fingerprint density at radius 1 is 1.19 bits per heavy atom. The van der Waals surface area contributed by atoms with Gasteiger partial charge in [0, 0.05) is 6.20 Å². The van der Waals surface area contributed by atoms with E-state index in [1.807, 2.05) is 56.3 Å². The summed E-state index contributed by atoms with van der Waals surface area (Å²) in [6, 6.07) is 13.2. The van der Waals surface area contributed by atoms with Crippen LogP contribution in [0, 0.1) is 0 Å². The SMILES string of the molecule is COc1ccc(-n2ncc(C(=O)NCc3ccccn3)c2C(C)C)cc1. The minimum atomic E-state index is -0.154. The molecule has 0 fully saturated rings. The number of ether oxygens (including phenoxy) is 1. The second-order valence-electron chi connectivity index (χ2n) is 6.21. The molecule has 6 heteroatoms. The maximum atomic E-state index is 12.7. The molecule has 1 N–H and O–H groups in total. The number of nitrogens with zero attached hydrogens (tertiary/aromatic N) is 3. The van der Waals surface area contributed by atoms with Crippen LogP contribution in [0.5, 0.6) is 5.75 Å². The van der Waals surface area contributed by atoms with Gasteiger partial charge in [-0.15, -0.1) is 0 Å². The average molecular weight is 350 g/mol. The third kappa shape index (κ3) is 3.74. The Hall–Kier alpha value is -3.15. The van der Waals surface area contributed by atoms with Crippen LogP contribution in [-0.4, -0.2) is 27.8 Å². The number of amides is 1. The predicted octanol–water partition coefficient (Wildman–Crippen LogP) is 3.33. The Bertz CT molecular complexity index is 871. The molecule has 0 aliphatic heterocycles. The predicted molar refractivity (Wildman–Crippen MR) is 99.6 cm³/mol. The molecule has 0 saturated carbocycles. The Morgan fingerprint density at radius 2 is 1.96 bits per heavy atom. The average Bonchev–Trinajstić information content (AvgIpc) is 3.12. The summed E-state index contributed by atoms with van der Waals surface area (Å²) in [7, 11) is 1.63. The zero-order chi connectivity index (χ0) is 18.5. The number of nitrogens with one attached hydrogen (secondary N) is 1. The van der Waals surface area contributed by atoms with Gasteiger partial charge in [0.15, 0.2) is 0 Å². The van der Waals surface area contributed by atoms with E-state index in [9.17, 15) is 4.79 Å². The first-order chi connectivity index (χ1) is 12.6.